The van der Waals surface area contributed by atoms with Crippen LogP contribution in [0.15, 0.2) is 154 Å². The number of oxazole rings is 1. The highest BCUT2D eigenvalue weighted by Gasteiger charge is 2.36. The number of hydrogen-bond donors (Lipinski definition) is 0. The first kappa shape index (κ1) is 27.0. The molecule has 2 aromatic heterocycles. The second-order valence-electron chi connectivity index (χ2n) is 13.2. The molecular formula is C44H30N2O2. The lowest BCUT2D eigenvalue weighted by Crippen LogP contribution is -2.16. The van der Waals surface area contributed by atoms with Gasteiger partial charge in [-0.1, -0.05) is 98.8 Å². The minimum Gasteiger partial charge on any atom is -0.456 e. The van der Waals surface area contributed by atoms with E-state index in [4.69, 9.17) is 13.8 Å². The molecule has 0 spiro atoms. The van der Waals surface area contributed by atoms with Crippen LogP contribution in [0.2, 0.25) is 0 Å². The molecule has 0 unspecified atom stereocenters. The monoisotopic (exact) mass is 618 g/mol. The molecule has 0 saturated heterocycles. The number of furan rings is 1. The fourth-order valence-electron chi connectivity index (χ4n) is 7.74. The van der Waals surface area contributed by atoms with Crippen LogP contribution >= 0.6 is 0 Å². The van der Waals surface area contributed by atoms with Gasteiger partial charge in [0.05, 0.1) is 11.1 Å². The van der Waals surface area contributed by atoms with Crippen LogP contribution in [-0.4, -0.2) is 4.98 Å². The minimum atomic E-state index is -0.139. The number of hydrogen-bond acceptors (Lipinski definition) is 4. The number of aromatic nitrogens is 1. The van der Waals surface area contributed by atoms with E-state index in [1.54, 1.807) is 0 Å². The van der Waals surface area contributed by atoms with E-state index < -0.39 is 0 Å². The summed E-state index contributed by atoms with van der Waals surface area (Å²) in [6, 6.07) is 51.2. The fraction of sp³-hybridized carbons (Fsp3) is 0.0682. The van der Waals surface area contributed by atoms with Crippen molar-refractivity contribution in [3.8, 4) is 22.6 Å². The maximum Gasteiger partial charge on any atom is 0.227 e. The first-order chi connectivity index (χ1) is 23.5. The van der Waals surface area contributed by atoms with Crippen molar-refractivity contribution in [3.63, 3.8) is 0 Å². The lowest BCUT2D eigenvalue weighted by molar-refractivity contribution is 0.623. The van der Waals surface area contributed by atoms with Crippen molar-refractivity contribution in [1.82, 2.24) is 4.98 Å². The number of benzene rings is 7. The van der Waals surface area contributed by atoms with E-state index in [-0.39, 0.29) is 5.41 Å². The highest BCUT2D eigenvalue weighted by Crippen LogP contribution is 2.51. The van der Waals surface area contributed by atoms with Crippen molar-refractivity contribution in [2.75, 3.05) is 4.90 Å². The van der Waals surface area contributed by atoms with Gasteiger partial charge in [-0.25, -0.2) is 4.98 Å². The molecule has 4 heteroatoms. The van der Waals surface area contributed by atoms with E-state index in [2.05, 4.69) is 122 Å². The van der Waals surface area contributed by atoms with E-state index in [1.165, 1.54) is 22.3 Å². The summed E-state index contributed by atoms with van der Waals surface area (Å²) in [6.07, 6.45) is 0. The van der Waals surface area contributed by atoms with E-state index in [9.17, 15) is 0 Å². The molecule has 9 aromatic rings. The molecule has 0 atom stereocenters. The van der Waals surface area contributed by atoms with Crippen molar-refractivity contribution in [1.29, 1.82) is 0 Å². The molecule has 0 N–H and O–H groups in total. The largest absolute Gasteiger partial charge is 0.456 e. The number of fused-ring (bicyclic) bond motifs is 9. The van der Waals surface area contributed by atoms with E-state index in [1.807, 2.05) is 42.5 Å². The first-order valence-corrected chi connectivity index (χ1v) is 16.4. The van der Waals surface area contributed by atoms with Crippen molar-refractivity contribution < 1.29 is 8.83 Å². The van der Waals surface area contributed by atoms with Crippen LogP contribution in [0, 0.1) is 0 Å². The van der Waals surface area contributed by atoms with Crippen LogP contribution in [0.25, 0.3) is 66.4 Å². The van der Waals surface area contributed by atoms with Gasteiger partial charge in [0, 0.05) is 33.1 Å². The Morgan fingerprint density at radius 2 is 1.31 bits per heavy atom. The number of para-hydroxylation sites is 1. The van der Waals surface area contributed by atoms with Crippen LogP contribution in [-0.2, 0) is 5.41 Å². The summed E-state index contributed by atoms with van der Waals surface area (Å²) in [4.78, 5) is 7.31. The number of nitrogens with zero attached hydrogens (tertiary/aromatic N) is 2. The van der Waals surface area contributed by atoms with Crippen molar-refractivity contribution in [2.24, 2.45) is 0 Å². The minimum absolute atomic E-state index is 0.139. The Bertz CT molecular complexity index is 2720. The maximum absolute atomic E-state index is 6.64. The third-order valence-electron chi connectivity index (χ3n) is 10.1. The molecule has 10 rings (SSSR count). The van der Waals surface area contributed by atoms with Gasteiger partial charge >= 0.3 is 0 Å². The average molecular weight is 619 g/mol. The summed E-state index contributed by atoms with van der Waals surface area (Å²) in [6.45, 7) is 4.66. The molecule has 0 fully saturated rings. The molecule has 7 aromatic carbocycles. The van der Waals surface area contributed by atoms with Gasteiger partial charge in [0.15, 0.2) is 5.58 Å². The molecule has 228 valence electrons. The predicted octanol–water partition coefficient (Wildman–Crippen LogP) is 12.3. The molecule has 1 aliphatic carbocycles. The SMILES string of the molecule is CC1(C)c2ccccc2-c2ccc(N(c3ccc4oc5ccccc5c4c3)c3cccc4ccc5nc(-c6ccccc6)oc5c34)cc21. The molecule has 2 heterocycles. The van der Waals surface area contributed by atoms with Gasteiger partial charge in [0.25, 0.3) is 0 Å². The van der Waals surface area contributed by atoms with Crippen LogP contribution in [0.1, 0.15) is 25.0 Å². The van der Waals surface area contributed by atoms with E-state index in [0.717, 1.165) is 66.4 Å². The van der Waals surface area contributed by atoms with Crippen molar-refractivity contribution in [2.45, 2.75) is 19.3 Å². The molecule has 0 radical (unpaired) electrons. The Balaban J connectivity index is 1.26. The molecular weight excluding hydrogens is 588 g/mol. The van der Waals surface area contributed by atoms with Gasteiger partial charge in [-0.05, 0) is 88.3 Å². The standard InChI is InChI=1S/C44H30N2O2/c1-44(2)35-16-8-6-14-31(35)32-22-20-30(26-36(32)44)46(29-21-24-40-34(25-29)33-15-7-9-18-39(33)47-40)38-17-10-13-27-19-23-37-42(41(27)38)48-43(45-37)28-11-4-3-5-12-28/h3-26H,1-2H3. The number of rotatable bonds is 4. The molecule has 48 heavy (non-hydrogen) atoms. The molecule has 1 aliphatic rings. The molecule has 0 amide bonds. The quantitative estimate of drug-likeness (QED) is 0.197. The van der Waals surface area contributed by atoms with Crippen LogP contribution in [0.5, 0.6) is 0 Å². The molecule has 0 saturated carbocycles. The lowest BCUT2D eigenvalue weighted by atomic mass is 9.82. The fourth-order valence-corrected chi connectivity index (χ4v) is 7.74. The van der Waals surface area contributed by atoms with Gasteiger partial charge < -0.3 is 13.7 Å². The summed E-state index contributed by atoms with van der Waals surface area (Å²) < 4.78 is 12.9. The Labute approximate surface area is 277 Å². The summed E-state index contributed by atoms with van der Waals surface area (Å²) in [7, 11) is 0. The van der Waals surface area contributed by atoms with Gasteiger partial charge in [0.2, 0.25) is 5.89 Å². The molecule has 0 bridgehead atoms. The normalized spacial score (nSPS) is 13.4. The second kappa shape index (κ2) is 9.93. The zero-order chi connectivity index (χ0) is 32.0. The lowest BCUT2D eigenvalue weighted by Gasteiger charge is -2.29. The predicted molar refractivity (Wildman–Crippen MR) is 196 cm³/mol. The third kappa shape index (κ3) is 3.86. The average Bonchev–Trinajstić information content (AvgIpc) is 3.80. The maximum atomic E-state index is 6.64. The molecule has 4 nitrogen and oxygen atoms in total. The third-order valence-corrected chi connectivity index (χ3v) is 10.1. The topological polar surface area (TPSA) is 42.4 Å². The second-order valence-corrected chi connectivity index (χ2v) is 13.2. The van der Waals surface area contributed by atoms with Crippen LogP contribution < -0.4 is 4.90 Å². The summed E-state index contributed by atoms with van der Waals surface area (Å²) in [5, 5.41) is 4.29. The van der Waals surface area contributed by atoms with Crippen molar-refractivity contribution >= 4 is 60.9 Å². The Hall–Kier alpha value is -6.13. The highest BCUT2D eigenvalue weighted by molar-refractivity contribution is 6.13. The zero-order valence-electron chi connectivity index (χ0n) is 26.6. The number of anilines is 3. The molecule has 0 aliphatic heterocycles. The van der Waals surface area contributed by atoms with Crippen molar-refractivity contribution in [3.05, 3.63) is 157 Å². The van der Waals surface area contributed by atoms with Crippen LogP contribution in [0.4, 0.5) is 17.1 Å². The Morgan fingerprint density at radius 1 is 0.562 bits per heavy atom. The Morgan fingerprint density at radius 3 is 2.23 bits per heavy atom. The zero-order valence-corrected chi connectivity index (χ0v) is 26.6. The smallest absolute Gasteiger partial charge is 0.227 e. The first-order valence-electron chi connectivity index (χ1n) is 16.4. The van der Waals surface area contributed by atoms with Gasteiger partial charge in [-0.3, -0.25) is 0 Å². The van der Waals surface area contributed by atoms with E-state index in [0.29, 0.717) is 5.89 Å². The summed E-state index contributed by atoms with van der Waals surface area (Å²) in [5.41, 5.74) is 12.6. The Kier molecular flexibility index (Phi) is 5.59. The summed E-state index contributed by atoms with van der Waals surface area (Å²) >= 11 is 0. The van der Waals surface area contributed by atoms with Gasteiger partial charge in [-0.15, -0.1) is 0 Å². The van der Waals surface area contributed by atoms with Gasteiger partial charge in [0.1, 0.15) is 16.7 Å². The van der Waals surface area contributed by atoms with Crippen LogP contribution in [0.3, 0.4) is 0 Å². The highest BCUT2D eigenvalue weighted by atomic mass is 16.3. The van der Waals surface area contributed by atoms with Gasteiger partial charge in [-0.2, -0.15) is 0 Å². The summed E-state index contributed by atoms with van der Waals surface area (Å²) in [5.74, 6) is 0.614. The van der Waals surface area contributed by atoms with E-state index >= 15 is 0 Å².